The molecule has 0 aliphatic carbocycles. The monoisotopic (exact) mass is 390 g/mol. The van der Waals surface area contributed by atoms with Gasteiger partial charge in [-0.1, -0.05) is 24.3 Å². The number of aliphatic hydroxyl groups is 1. The minimum Gasteiger partial charge on any atom is -0.378 e. The third-order valence-electron chi connectivity index (χ3n) is 4.09. The zero-order valence-electron chi connectivity index (χ0n) is 14.2. The topological polar surface area (TPSA) is 66.6 Å². The Morgan fingerprint density at radius 3 is 1.96 bits per heavy atom. The lowest BCUT2D eigenvalue weighted by atomic mass is 9.80. The summed E-state index contributed by atoms with van der Waals surface area (Å²) in [6.45, 7) is 0. The Hall–Kier alpha value is -2.75. The van der Waals surface area contributed by atoms with Gasteiger partial charge in [0.15, 0.2) is 5.60 Å². The Bertz CT molecular complexity index is 837. The molecule has 0 fully saturated rings. The molecule has 5 nitrogen and oxygen atoms in total. The van der Waals surface area contributed by atoms with Crippen molar-refractivity contribution in [3.05, 3.63) is 69.8 Å². The van der Waals surface area contributed by atoms with Crippen molar-refractivity contribution < 1.29 is 32.0 Å². The van der Waals surface area contributed by atoms with E-state index in [-0.39, 0.29) is 0 Å². The fraction of sp³-hybridized carbons (Fsp3) is 0.294. The first-order valence-electron chi connectivity index (χ1n) is 7.52. The predicted octanol–water partition coefficient (Wildman–Crippen LogP) is 4.09. The number of non-ortho nitro benzene ring substituents is 1. The van der Waals surface area contributed by atoms with Crippen LogP contribution in [0.15, 0.2) is 48.5 Å². The summed E-state index contributed by atoms with van der Waals surface area (Å²) < 4.78 is 68.1. The molecule has 0 heterocycles. The van der Waals surface area contributed by atoms with Crippen LogP contribution in [-0.4, -0.2) is 36.2 Å². The molecule has 10 heteroatoms. The van der Waals surface area contributed by atoms with Crippen molar-refractivity contribution >= 4 is 11.4 Å². The number of hydrogen-bond donors (Lipinski definition) is 1. The quantitative estimate of drug-likeness (QED) is 0.474. The molecule has 0 amide bonds. The van der Waals surface area contributed by atoms with Crippen LogP contribution >= 0.6 is 0 Å². The molecule has 0 radical (unpaired) electrons. The zero-order valence-corrected chi connectivity index (χ0v) is 14.2. The van der Waals surface area contributed by atoms with Gasteiger partial charge in [0, 0.05) is 37.5 Å². The normalized spacial score (nSPS) is 14.5. The molecule has 1 N–H and O–H groups in total. The van der Waals surface area contributed by atoms with E-state index >= 15 is 0 Å². The van der Waals surface area contributed by atoms with Crippen molar-refractivity contribution in [3.63, 3.8) is 0 Å². The van der Waals surface area contributed by atoms with Crippen molar-refractivity contribution in [2.45, 2.75) is 17.7 Å². The second-order valence-corrected chi connectivity index (χ2v) is 6.03. The van der Waals surface area contributed by atoms with Gasteiger partial charge in [-0.15, -0.1) is 0 Å². The van der Waals surface area contributed by atoms with E-state index in [9.17, 15) is 37.2 Å². The second-order valence-electron chi connectivity index (χ2n) is 6.03. The van der Waals surface area contributed by atoms with Gasteiger partial charge in [-0.05, 0) is 17.7 Å². The number of nitro groups is 1. The highest BCUT2D eigenvalue weighted by Crippen LogP contribution is 2.52. The summed E-state index contributed by atoms with van der Waals surface area (Å²) in [7, 11) is 3.26. The molecule has 146 valence electrons. The number of nitrogens with zero attached hydrogens (tertiary/aromatic N) is 2. The van der Waals surface area contributed by atoms with Gasteiger partial charge in [0.1, 0.15) is 0 Å². The highest BCUT2D eigenvalue weighted by molar-refractivity contribution is 5.51. The molecule has 0 aliphatic heterocycles. The molecule has 0 bridgehead atoms. The van der Waals surface area contributed by atoms with Crippen molar-refractivity contribution in [1.82, 2.24) is 0 Å². The number of anilines is 1. The standard InChI is InChI=1S/C17H15F5N2O3/c1-23(2)13-8-6-11(7-9-13)15(25,16(18,19)17(20,21)22)12-4-3-5-14(10-12)24(26)27/h3-10,25H,1-2H3. The lowest BCUT2D eigenvalue weighted by molar-refractivity contribution is -0.385. The molecule has 0 aromatic heterocycles. The first-order chi connectivity index (χ1) is 12.3. The van der Waals surface area contributed by atoms with Gasteiger partial charge in [0.2, 0.25) is 0 Å². The van der Waals surface area contributed by atoms with E-state index in [1.54, 1.807) is 19.0 Å². The smallest absolute Gasteiger partial charge is 0.378 e. The summed E-state index contributed by atoms with van der Waals surface area (Å²) in [5, 5.41) is 21.5. The summed E-state index contributed by atoms with van der Waals surface area (Å²) in [5.41, 5.74) is -5.79. The third kappa shape index (κ3) is 3.44. The lowest BCUT2D eigenvalue weighted by Crippen LogP contribution is -2.55. The fourth-order valence-electron chi connectivity index (χ4n) is 2.58. The van der Waals surface area contributed by atoms with E-state index in [2.05, 4.69) is 0 Å². The van der Waals surface area contributed by atoms with E-state index in [1.165, 1.54) is 12.1 Å². The summed E-state index contributed by atoms with van der Waals surface area (Å²) in [6.07, 6.45) is -6.10. The Labute approximate surface area is 150 Å². The number of rotatable bonds is 5. The molecule has 2 aromatic carbocycles. The molecule has 0 spiro atoms. The number of hydrogen-bond acceptors (Lipinski definition) is 4. The summed E-state index contributed by atoms with van der Waals surface area (Å²) >= 11 is 0. The van der Waals surface area contributed by atoms with Crippen LogP contribution in [0.3, 0.4) is 0 Å². The van der Waals surface area contributed by atoms with Gasteiger partial charge in [0.25, 0.3) is 5.69 Å². The van der Waals surface area contributed by atoms with Gasteiger partial charge >= 0.3 is 12.1 Å². The second kappa shape index (κ2) is 6.76. The van der Waals surface area contributed by atoms with E-state index in [4.69, 9.17) is 0 Å². The number of halogens is 5. The van der Waals surface area contributed by atoms with Crippen LogP contribution in [0.2, 0.25) is 0 Å². The van der Waals surface area contributed by atoms with Crippen molar-refractivity contribution in [1.29, 1.82) is 0 Å². The minimum absolute atomic E-state index is 0.496. The maximum atomic E-state index is 14.4. The number of benzene rings is 2. The van der Waals surface area contributed by atoms with Gasteiger partial charge in [-0.25, -0.2) is 0 Å². The fourth-order valence-corrected chi connectivity index (χ4v) is 2.58. The van der Waals surface area contributed by atoms with Gasteiger partial charge in [0.05, 0.1) is 4.92 Å². The van der Waals surface area contributed by atoms with E-state index in [1.807, 2.05) is 0 Å². The van der Waals surface area contributed by atoms with Gasteiger partial charge < -0.3 is 10.0 Å². The predicted molar refractivity (Wildman–Crippen MR) is 87.9 cm³/mol. The molecular weight excluding hydrogens is 375 g/mol. The molecular formula is C17H15F5N2O3. The molecule has 1 atom stereocenters. The first-order valence-corrected chi connectivity index (χ1v) is 7.52. The van der Waals surface area contributed by atoms with E-state index < -0.39 is 39.4 Å². The highest BCUT2D eigenvalue weighted by Gasteiger charge is 2.71. The first kappa shape index (κ1) is 20.6. The van der Waals surface area contributed by atoms with Crippen LogP contribution in [0, 0.1) is 10.1 Å². The summed E-state index contributed by atoms with van der Waals surface area (Å²) in [5.74, 6) is -5.62. The molecule has 1 unspecified atom stereocenters. The van der Waals surface area contributed by atoms with Crippen LogP contribution in [0.5, 0.6) is 0 Å². The Morgan fingerprint density at radius 2 is 1.52 bits per heavy atom. The molecule has 0 saturated carbocycles. The van der Waals surface area contributed by atoms with Gasteiger partial charge in [-0.2, -0.15) is 22.0 Å². The average Bonchev–Trinajstić information content (AvgIpc) is 2.60. The van der Waals surface area contributed by atoms with Crippen molar-refractivity contribution in [3.8, 4) is 0 Å². The van der Waals surface area contributed by atoms with Crippen LogP contribution in [-0.2, 0) is 5.60 Å². The average molecular weight is 390 g/mol. The molecule has 0 aliphatic rings. The van der Waals surface area contributed by atoms with Crippen LogP contribution in [0.25, 0.3) is 0 Å². The molecule has 2 aromatic rings. The SMILES string of the molecule is CN(C)c1ccc(C(O)(c2cccc([N+](=O)[O-])c2)C(F)(F)C(F)(F)F)cc1. The largest absolute Gasteiger partial charge is 0.457 e. The summed E-state index contributed by atoms with van der Waals surface area (Å²) in [6, 6.07) is 7.49. The van der Waals surface area contributed by atoms with Crippen LogP contribution in [0.1, 0.15) is 11.1 Å². The number of alkyl halides is 5. The lowest BCUT2D eigenvalue weighted by Gasteiger charge is -2.37. The van der Waals surface area contributed by atoms with Crippen molar-refractivity contribution in [2.75, 3.05) is 19.0 Å². The Kier molecular flexibility index (Phi) is 5.15. The number of nitro benzene ring substituents is 1. The molecule has 0 saturated heterocycles. The van der Waals surface area contributed by atoms with Crippen molar-refractivity contribution in [2.24, 2.45) is 0 Å². The van der Waals surface area contributed by atoms with Crippen LogP contribution < -0.4 is 4.90 Å². The van der Waals surface area contributed by atoms with Gasteiger partial charge in [-0.3, -0.25) is 10.1 Å². The zero-order chi connectivity index (χ0) is 20.6. The molecule has 27 heavy (non-hydrogen) atoms. The maximum absolute atomic E-state index is 14.4. The summed E-state index contributed by atoms with van der Waals surface area (Å²) in [4.78, 5) is 11.5. The third-order valence-corrected chi connectivity index (χ3v) is 4.09. The Balaban J connectivity index is 2.77. The Morgan fingerprint density at radius 1 is 0.963 bits per heavy atom. The highest BCUT2D eigenvalue weighted by atomic mass is 19.4. The maximum Gasteiger partial charge on any atom is 0.457 e. The van der Waals surface area contributed by atoms with E-state index in [0.29, 0.717) is 11.8 Å². The minimum atomic E-state index is -6.10. The van der Waals surface area contributed by atoms with E-state index in [0.717, 1.165) is 30.3 Å². The molecule has 2 rings (SSSR count). The van der Waals surface area contributed by atoms with Crippen LogP contribution in [0.4, 0.5) is 33.3 Å².